The lowest BCUT2D eigenvalue weighted by Gasteiger charge is -2.29. The Morgan fingerprint density at radius 1 is 0.978 bits per heavy atom. The molecule has 11 heteroatoms. The molecule has 0 unspecified atom stereocenters. The molecular weight excluding hydrogens is 590 g/mol. The number of benzene rings is 3. The molecule has 0 radical (unpaired) electrons. The number of urea groups is 1. The maximum atomic E-state index is 13.4. The summed E-state index contributed by atoms with van der Waals surface area (Å²) in [7, 11) is 3.94. The molecule has 2 aromatic heterocycles. The lowest BCUT2D eigenvalue weighted by Crippen LogP contribution is -2.38. The van der Waals surface area contributed by atoms with Crippen molar-refractivity contribution in [3.8, 4) is 22.8 Å². The summed E-state index contributed by atoms with van der Waals surface area (Å²) < 4.78 is 12.6. The van der Waals surface area contributed by atoms with Gasteiger partial charge in [0.15, 0.2) is 16.6 Å². The van der Waals surface area contributed by atoms with Crippen molar-refractivity contribution in [3.05, 3.63) is 90.1 Å². The number of carbonyl (C=O) groups is 2. The summed E-state index contributed by atoms with van der Waals surface area (Å²) in [6, 6.07) is 24.4. The Morgan fingerprint density at radius 3 is 2.64 bits per heavy atom. The number of aromatic carboxylic acids is 1. The summed E-state index contributed by atoms with van der Waals surface area (Å²) in [5.74, 6) is -0.231. The number of rotatable bonds is 10. The van der Waals surface area contributed by atoms with Gasteiger partial charge in [-0.25, -0.2) is 19.6 Å². The van der Waals surface area contributed by atoms with Crippen LogP contribution >= 0.6 is 11.3 Å². The third kappa shape index (κ3) is 6.83. The van der Waals surface area contributed by atoms with E-state index >= 15 is 0 Å². The number of carboxylic acid groups (broad SMARTS) is 1. The number of thiazole rings is 1. The molecule has 10 nitrogen and oxygen atoms in total. The van der Waals surface area contributed by atoms with Gasteiger partial charge in [-0.15, -0.1) is 0 Å². The van der Waals surface area contributed by atoms with Gasteiger partial charge in [0.1, 0.15) is 5.75 Å². The lowest BCUT2D eigenvalue weighted by molar-refractivity contribution is 0.0685. The first-order valence-corrected chi connectivity index (χ1v) is 15.5. The number of para-hydroxylation sites is 1. The zero-order chi connectivity index (χ0) is 31.3. The first-order valence-electron chi connectivity index (χ1n) is 14.7. The minimum atomic E-state index is -1.18. The van der Waals surface area contributed by atoms with E-state index < -0.39 is 5.97 Å². The number of amides is 2. The quantitative estimate of drug-likeness (QED) is 0.161. The Kier molecular flexibility index (Phi) is 8.79. The monoisotopic (exact) mass is 623 g/mol. The van der Waals surface area contributed by atoms with E-state index in [-0.39, 0.29) is 24.1 Å². The number of carbonyl (C=O) groups excluding carboxylic acids is 1. The van der Waals surface area contributed by atoms with E-state index in [1.54, 1.807) is 17.0 Å². The second-order valence-electron chi connectivity index (χ2n) is 10.8. The summed E-state index contributed by atoms with van der Waals surface area (Å²) >= 11 is 1.43. The molecule has 45 heavy (non-hydrogen) atoms. The predicted octanol–water partition coefficient (Wildman–Crippen LogP) is 6.96. The summed E-state index contributed by atoms with van der Waals surface area (Å²) in [4.78, 5) is 38.2. The Hall–Kier alpha value is -5.16. The number of pyridine rings is 1. The Labute approximate surface area is 264 Å². The van der Waals surface area contributed by atoms with E-state index in [9.17, 15) is 14.7 Å². The van der Waals surface area contributed by atoms with Gasteiger partial charge in [-0.2, -0.15) is 0 Å². The third-order valence-corrected chi connectivity index (χ3v) is 8.41. The number of aryl methyl sites for hydroxylation is 1. The van der Waals surface area contributed by atoms with Crippen LogP contribution in [0.1, 0.15) is 28.9 Å². The molecule has 3 aromatic carbocycles. The minimum absolute atomic E-state index is 0.171. The number of nitrogens with one attached hydrogen (secondary N) is 1. The zero-order valence-corrected chi connectivity index (χ0v) is 25.8. The number of nitrogens with zero attached hydrogens (tertiary/aromatic N) is 4. The van der Waals surface area contributed by atoms with Crippen molar-refractivity contribution in [1.29, 1.82) is 0 Å². The van der Waals surface area contributed by atoms with Crippen LogP contribution in [0.2, 0.25) is 0 Å². The molecule has 3 heterocycles. The van der Waals surface area contributed by atoms with Gasteiger partial charge in [-0.3, -0.25) is 10.2 Å². The molecule has 0 spiro atoms. The first-order chi connectivity index (χ1) is 21.9. The summed E-state index contributed by atoms with van der Waals surface area (Å²) in [5.41, 5.74) is 4.70. The molecule has 0 saturated carbocycles. The molecule has 230 valence electrons. The van der Waals surface area contributed by atoms with E-state index in [1.807, 2.05) is 85.7 Å². The number of fused-ring (bicyclic) bond motifs is 2. The molecule has 0 saturated heterocycles. The van der Waals surface area contributed by atoms with Gasteiger partial charge >= 0.3 is 12.0 Å². The van der Waals surface area contributed by atoms with Crippen molar-refractivity contribution in [1.82, 2.24) is 9.97 Å². The van der Waals surface area contributed by atoms with E-state index in [1.165, 1.54) is 11.3 Å². The third-order valence-electron chi connectivity index (χ3n) is 7.46. The highest BCUT2D eigenvalue weighted by Gasteiger charge is 2.25. The molecule has 1 aliphatic rings. The molecule has 0 fully saturated rings. The predicted molar refractivity (Wildman–Crippen MR) is 177 cm³/mol. The molecule has 2 amide bonds. The Bertz CT molecular complexity index is 1820. The standard InChI is InChI=1S/C34H33N5O5S/c1-38(2)24-9-5-10-25(21-24)43-18-7-19-44-29-16-15-26(35-31(29)32(40)41)23-14-13-22-8-6-17-39(28(22)20-23)34(42)37-33-36-27-11-3-4-12-30(27)45-33/h3-5,9-16,20-21H,6-8,17-19H2,1-2H3,(H,40,41)(H,36,37,42). The lowest BCUT2D eigenvalue weighted by atomic mass is 9.98. The number of hydrogen-bond donors (Lipinski definition) is 2. The van der Waals surface area contributed by atoms with Crippen LogP contribution in [0.25, 0.3) is 21.5 Å². The van der Waals surface area contributed by atoms with Crippen LogP contribution in [0, 0.1) is 0 Å². The number of anilines is 3. The van der Waals surface area contributed by atoms with Crippen LogP contribution in [0.15, 0.2) is 78.9 Å². The SMILES string of the molecule is CN(C)c1cccc(OCCCOc2ccc(-c3ccc4c(c3)N(C(=O)Nc3nc5ccccc5s3)CCC4)nc2C(=O)O)c1. The highest BCUT2D eigenvalue weighted by molar-refractivity contribution is 7.22. The van der Waals surface area contributed by atoms with Crippen LogP contribution in [-0.2, 0) is 6.42 Å². The van der Waals surface area contributed by atoms with Crippen molar-refractivity contribution < 1.29 is 24.2 Å². The summed E-state index contributed by atoms with van der Waals surface area (Å²) in [5, 5.41) is 13.4. The van der Waals surface area contributed by atoms with Gasteiger partial charge in [-0.1, -0.05) is 41.7 Å². The fraction of sp³-hybridized carbons (Fsp3) is 0.235. The topological polar surface area (TPSA) is 117 Å². The van der Waals surface area contributed by atoms with Crippen molar-refractivity contribution >= 4 is 50.1 Å². The number of hydrogen-bond acceptors (Lipinski definition) is 8. The molecular formula is C34H33N5O5S. The number of ether oxygens (including phenoxy) is 2. The Balaban J connectivity index is 1.13. The average molecular weight is 624 g/mol. The average Bonchev–Trinajstić information content (AvgIpc) is 3.46. The molecule has 0 aliphatic carbocycles. The molecule has 2 N–H and O–H groups in total. The second kappa shape index (κ2) is 13.2. The van der Waals surface area contributed by atoms with Gasteiger partial charge in [0, 0.05) is 50.1 Å². The highest BCUT2D eigenvalue weighted by Crippen LogP contribution is 2.34. The highest BCUT2D eigenvalue weighted by atomic mass is 32.1. The summed E-state index contributed by atoms with van der Waals surface area (Å²) in [6.45, 7) is 1.24. The van der Waals surface area contributed by atoms with Gasteiger partial charge < -0.3 is 19.5 Å². The van der Waals surface area contributed by atoms with E-state index in [0.717, 1.165) is 45.7 Å². The van der Waals surface area contributed by atoms with Crippen LogP contribution in [0.5, 0.6) is 11.5 Å². The van der Waals surface area contributed by atoms with Gasteiger partial charge in [0.2, 0.25) is 0 Å². The first kappa shape index (κ1) is 29.9. The van der Waals surface area contributed by atoms with Crippen LogP contribution < -0.4 is 24.6 Å². The van der Waals surface area contributed by atoms with Crippen LogP contribution in [-0.4, -0.2) is 60.9 Å². The van der Waals surface area contributed by atoms with Crippen LogP contribution in [0.3, 0.4) is 0 Å². The van der Waals surface area contributed by atoms with E-state index in [2.05, 4.69) is 15.3 Å². The maximum Gasteiger partial charge on any atom is 0.358 e. The van der Waals surface area contributed by atoms with Gasteiger partial charge in [-0.05, 0) is 60.9 Å². The van der Waals surface area contributed by atoms with Crippen LogP contribution in [0.4, 0.5) is 21.3 Å². The second-order valence-corrected chi connectivity index (χ2v) is 11.8. The molecule has 1 aliphatic heterocycles. The maximum absolute atomic E-state index is 13.4. The molecule has 0 bridgehead atoms. The molecule has 6 rings (SSSR count). The fourth-order valence-corrected chi connectivity index (χ4v) is 6.04. The largest absolute Gasteiger partial charge is 0.493 e. The number of carboxylic acids is 1. The van der Waals surface area contributed by atoms with Gasteiger partial charge in [0.05, 0.1) is 29.1 Å². The Morgan fingerprint density at radius 2 is 1.82 bits per heavy atom. The van der Waals surface area contributed by atoms with Crippen molar-refractivity contribution in [2.45, 2.75) is 19.3 Å². The van der Waals surface area contributed by atoms with E-state index in [4.69, 9.17) is 9.47 Å². The fourth-order valence-electron chi connectivity index (χ4n) is 5.19. The molecule has 0 atom stereocenters. The van der Waals surface area contributed by atoms with Gasteiger partial charge in [0.25, 0.3) is 0 Å². The molecule has 5 aromatic rings. The normalized spacial score (nSPS) is 12.4. The number of aromatic nitrogens is 2. The summed E-state index contributed by atoms with van der Waals surface area (Å²) in [6.07, 6.45) is 2.24. The van der Waals surface area contributed by atoms with Crippen molar-refractivity contribution in [2.24, 2.45) is 0 Å². The zero-order valence-electron chi connectivity index (χ0n) is 25.0. The van der Waals surface area contributed by atoms with Crippen molar-refractivity contribution in [2.75, 3.05) is 49.0 Å². The smallest absolute Gasteiger partial charge is 0.358 e. The minimum Gasteiger partial charge on any atom is -0.493 e. The van der Waals surface area contributed by atoms with Crippen molar-refractivity contribution in [3.63, 3.8) is 0 Å². The van der Waals surface area contributed by atoms with E-state index in [0.29, 0.717) is 36.0 Å².